The average Bonchev–Trinajstić information content (AvgIpc) is 2.16. The summed E-state index contributed by atoms with van der Waals surface area (Å²) >= 11 is 15.4. The quantitative estimate of drug-likeness (QED) is 0.677. The van der Waals surface area contributed by atoms with Crippen LogP contribution in [0.4, 0.5) is 0 Å². The topological polar surface area (TPSA) is 0 Å². The molecule has 75 valence electrons. The molecule has 0 amide bonds. The molecular formula is C12H6BrCl2. The molecule has 3 heteroatoms. The van der Waals surface area contributed by atoms with Crippen molar-refractivity contribution in [2.45, 2.75) is 0 Å². The van der Waals surface area contributed by atoms with E-state index in [2.05, 4.69) is 22.0 Å². The summed E-state index contributed by atoms with van der Waals surface area (Å²) in [5.74, 6) is 0. The van der Waals surface area contributed by atoms with Crippen molar-refractivity contribution in [2.24, 2.45) is 0 Å². The third-order valence-corrected chi connectivity index (χ3v) is 3.08. The Hall–Kier alpha value is -0.500. The van der Waals surface area contributed by atoms with E-state index >= 15 is 0 Å². The van der Waals surface area contributed by atoms with Gasteiger partial charge in [-0.15, -0.1) is 0 Å². The summed E-state index contributed by atoms with van der Waals surface area (Å²) in [6, 6.07) is 14.2. The molecule has 0 atom stereocenters. The van der Waals surface area contributed by atoms with E-state index in [1.54, 1.807) is 6.07 Å². The summed E-state index contributed by atoms with van der Waals surface area (Å²) in [5.41, 5.74) is 2.05. The number of benzene rings is 2. The second kappa shape index (κ2) is 4.56. The fourth-order valence-electron chi connectivity index (χ4n) is 1.35. The minimum atomic E-state index is 0.636. The molecule has 0 nitrogen and oxygen atoms in total. The SMILES string of the molecule is Clc1cc(Cl)cc(-c2cc[c]cc2Br)c1. The van der Waals surface area contributed by atoms with Gasteiger partial charge >= 0.3 is 0 Å². The van der Waals surface area contributed by atoms with Crippen molar-refractivity contribution < 1.29 is 0 Å². The molecule has 15 heavy (non-hydrogen) atoms. The molecular weight excluding hydrogens is 295 g/mol. The molecule has 0 saturated heterocycles. The summed E-state index contributed by atoms with van der Waals surface area (Å²) in [5, 5.41) is 1.27. The van der Waals surface area contributed by atoms with Crippen molar-refractivity contribution in [3.8, 4) is 11.1 Å². The fraction of sp³-hybridized carbons (Fsp3) is 0. The van der Waals surface area contributed by atoms with Gasteiger partial charge in [0.05, 0.1) is 0 Å². The Morgan fingerprint density at radius 1 is 1.07 bits per heavy atom. The van der Waals surface area contributed by atoms with Crippen LogP contribution in [-0.2, 0) is 0 Å². The summed E-state index contributed by atoms with van der Waals surface area (Å²) < 4.78 is 0.975. The molecule has 0 saturated carbocycles. The predicted octanol–water partition coefficient (Wildman–Crippen LogP) is 5.22. The first-order valence-electron chi connectivity index (χ1n) is 4.29. The number of rotatable bonds is 1. The highest BCUT2D eigenvalue weighted by atomic mass is 79.9. The van der Waals surface area contributed by atoms with E-state index in [-0.39, 0.29) is 0 Å². The normalized spacial score (nSPS) is 10.3. The lowest BCUT2D eigenvalue weighted by Crippen LogP contribution is -1.80. The lowest BCUT2D eigenvalue weighted by atomic mass is 10.1. The van der Waals surface area contributed by atoms with Crippen molar-refractivity contribution >= 4 is 39.1 Å². The van der Waals surface area contributed by atoms with Gasteiger partial charge in [-0.1, -0.05) is 51.3 Å². The molecule has 0 aromatic heterocycles. The van der Waals surface area contributed by atoms with Crippen molar-refractivity contribution in [3.63, 3.8) is 0 Å². The average molecular weight is 301 g/mol. The van der Waals surface area contributed by atoms with E-state index in [0.717, 1.165) is 15.6 Å². The van der Waals surface area contributed by atoms with E-state index in [0.29, 0.717) is 10.0 Å². The number of halogens is 3. The molecule has 2 rings (SSSR count). The van der Waals surface area contributed by atoms with Crippen LogP contribution in [0.3, 0.4) is 0 Å². The van der Waals surface area contributed by atoms with Crippen LogP contribution in [0.5, 0.6) is 0 Å². The van der Waals surface area contributed by atoms with Crippen LogP contribution in [-0.4, -0.2) is 0 Å². The van der Waals surface area contributed by atoms with Crippen molar-refractivity contribution in [3.05, 3.63) is 57.0 Å². The zero-order chi connectivity index (χ0) is 10.8. The highest BCUT2D eigenvalue weighted by Crippen LogP contribution is 2.31. The highest BCUT2D eigenvalue weighted by Gasteiger charge is 2.04. The van der Waals surface area contributed by atoms with Gasteiger partial charge in [-0.2, -0.15) is 0 Å². The van der Waals surface area contributed by atoms with Gasteiger partial charge in [-0.3, -0.25) is 0 Å². The van der Waals surface area contributed by atoms with E-state index < -0.39 is 0 Å². The highest BCUT2D eigenvalue weighted by molar-refractivity contribution is 9.10. The maximum absolute atomic E-state index is 5.94. The second-order valence-electron chi connectivity index (χ2n) is 3.06. The summed E-state index contributed by atoms with van der Waals surface area (Å²) in [6.07, 6.45) is 0. The van der Waals surface area contributed by atoms with Crippen LogP contribution < -0.4 is 0 Å². The Balaban J connectivity index is 2.59. The van der Waals surface area contributed by atoms with Crippen LogP contribution in [0.25, 0.3) is 11.1 Å². The molecule has 0 aliphatic carbocycles. The van der Waals surface area contributed by atoms with Gasteiger partial charge in [-0.25, -0.2) is 0 Å². The largest absolute Gasteiger partial charge is 0.0843 e. The maximum Gasteiger partial charge on any atom is 0.0426 e. The van der Waals surface area contributed by atoms with Crippen molar-refractivity contribution in [1.82, 2.24) is 0 Å². The van der Waals surface area contributed by atoms with Crippen LogP contribution >= 0.6 is 39.1 Å². The molecule has 0 spiro atoms. The van der Waals surface area contributed by atoms with E-state index in [1.807, 2.05) is 30.3 Å². The molecule has 0 heterocycles. The lowest BCUT2D eigenvalue weighted by molar-refractivity contribution is 1.58. The summed E-state index contributed by atoms with van der Waals surface area (Å²) in [6.45, 7) is 0. The lowest BCUT2D eigenvalue weighted by Gasteiger charge is -2.05. The Morgan fingerprint density at radius 3 is 2.33 bits per heavy atom. The third-order valence-electron chi connectivity index (χ3n) is 1.99. The van der Waals surface area contributed by atoms with Gasteiger partial charge in [-0.05, 0) is 41.5 Å². The van der Waals surface area contributed by atoms with Gasteiger partial charge in [0.15, 0.2) is 0 Å². The minimum absolute atomic E-state index is 0.636. The van der Waals surface area contributed by atoms with Gasteiger partial charge in [0.1, 0.15) is 0 Å². The summed E-state index contributed by atoms with van der Waals surface area (Å²) in [4.78, 5) is 0. The molecule has 0 N–H and O–H groups in total. The molecule has 1 radical (unpaired) electrons. The number of hydrogen-bond donors (Lipinski definition) is 0. The first-order chi connectivity index (χ1) is 7.16. The van der Waals surface area contributed by atoms with E-state index in [4.69, 9.17) is 23.2 Å². The van der Waals surface area contributed by atoms with Crippen molar-refractivity contribution in [2.75, 3.05) is 0 Å². The maximum atomic E-state index is 5.94. The Bertz CT molecular complexity index is 474. The first-order valence-corrected chi connectivity index (χ1v) is 5.84. The standard InChI is InChI=1S/C12H6BrCl2/c13-12-4-2-1-3-11(12)8-5-9(14)7-10(15)6-8/h1,3-7H. The Kier molecular flexibility index (Phi) is 3.35. The molecule has 0 bridgehead atoms. The predicted molar refractivity (Wildman–Crippen MR) is 68.4 cm³/mol. The first kappa shape index (κ1) is 11.0. The molecule has 2 aromatic carbocycles. The molecule has 0 fully saturated rings. The molecule has 0 unspecified atom stereocenters. The van der Waals surface area contributed by atoms with Crippen LogP contribution in [0.15, 0.2) is 40.9 Å². The Morgan fingerprint density at radius 2 is 1.73 bits per heavy atom. The Labute approximate surface area is 107 Å². The van der Waals surface area contributed by atoms with Crippen molar-refractivity contribution in [1.29, 1.82) is 0 Å². The molecule has 0 aliphatic rings. The van der Waals surface area contributed by atoms with Crippen LogP contribution in [0, 0.1) is 6.07 Å². The molecule has 0 aliphatic heterocycles. The molecule has 2 aromatic rings. The van der Waals surface area contributed by atoms with E-state index in [9.17, 15) is 0 Å². The van der Waals surface area contributed by atoms with Crippen LogP contribution in [0.1, 0.15) is 0 Å². The zero-order valence-electron chi connectivity index (χ0n) is 7.60. The van der Waals surface area contributed by atoms with E-state index in [1.165, 1.54) is 0 Å². The number of hydrogen-bond acceptors (Lipinski definition) is 0. The third kappa shape index (κ3) is 2.54. The monoisotopic (exact) mass is 299 g/mol. The van der Waals surface area contributed by atoms with Crippen LogP contribution in [0.2, 0.25) is 10.0 Å². The van der Waals surface area contributed by atoms with Gasteiger partial charge < -0.3 is 0 Å². The van der Waals surface area contributed by atoms with Gasteiger partial charge in [0.2, 0.25) is 0 Å². The summed E-state index contributed by atoms with van der Waals surface area (Å²) in [7, 11) is 0. The van der Waals surface area contributed by atoms with Gasteiger partial charge in [0.25, 0.3) is 0 Å². The van der Waals surface area contributed by atoms with Gasteiger partial charge in [0, 0.05) is 14.5 Å². The fourth-order valence-corrected chi connectivity index (χ4v) is 2.37. The second-order valence-corrected chi connectivity index (χ2v) is 4.79. The zero-order valence-corrected chi connectivity index (χ0v) is 10.7. The minimum Gasteiger partial charge on any atom is -0.0843 e. The smallest absolute Gasteiger partial charge is 0.0426 e.